The van der Waals surface area contributed by atoms with Gasteiger partial charge in [0.15, 0.2) is 0 Å². The van der Waals surface area contributed by atoms with E-state index in [0.717, 1.165) is 109 Å². The number of benzene rings is 3. The number of rotatable bonds is 10. The van der Waals surface area contributed by atoms with Crippen molar-refractivity contribution in [3.8, 4) is 17.2 Å². The van der Waals surface area contributed by atoms with E-state index >= 15 is 0 Å². The number of imide groups is 1. The summed E-state index contributed by atoms with van der Waals surface area (Å²) in [6, 6.07) is 23.2. The molecule has 2 saturated heterocycles. The third kappa shape index (κ3) is 6.58. The molecule has 3 aromatic carbocycles. The summed E-state index contributed by atoms with van der Waals surface area (Å²) in [5.41, 5.74) is 10.0. The molecule has 3 amide bonds. The van der Waals surface area contributed by atoms with Gasteiger partial charge in [-0.15, -0.1) is 0 Å². The lowest BCUT2D eigenvalue weighted by atomic mass is 9.91. The van der Waals surface area contributed by atoms with Gasteiger partial charge in [-0.1, -0.05) is 29.4 Å². The molecule has 4 aliphatic rings. The molecule has 1 atom stereocenters. The second-order valence-electron chi connectivity index (χ2n) is 15.4. The van der Waals surface area contributed by atoms with E-state index in [9.17, 15) is 19.6 Å². The fourth-order valence-corrected chi connectivity index (χ4v) is 8.67. The summed E-state index contributed by atoms with van der Waals surface area (Å²) in [5.74, 6) is 0.641. The molecule has 1 aliphatic carbocycles. The lowest BCUT2D eigenvalue weighted by Gasteiger charge is -2.34. The highest BCUT2D eigenvalue weighted by atomic mass is 16.5. The molecular formula is C43H46N6O4. The summed E-state index contributed by atoms with van der Waals surface area (Å²) >= 11 is 0. The third-order valence-electron chi connectivity index (χ3n) is 12.0. The van der Waals surface area contributed by atoms with Crippen LogP contribution in [0, 0.1) is 38.0 Å². The first-order valence-corrected chi connectivity index (χ1v) is 19.0. The summed E-state index contributed by atoms with van der Waals surface area (Å²) in [5, 5.41) is 16.4. The van der Waals surface area contributed by atoms with Crippen LogP contribution < -0.4 is 15.1 Å². The maximum atomic E-state index is 13.2. The normalized spacial score (nSPS) is 19.6. The quantitative estimate of drug-likeness (QED) is 0.169. The Balaban J connectivity index is 0.931. The van der Waals surface area contributed by atoms with Crippen LogP contribution in [0.25, 0.3) is 11.1 Å². The number of aromatic nitrogens is 1. The molecular weight excluding hydrogens is 665 g/mol. The lowest BCUT2D eigenvalue weighted by Crippen LogP contribution is -2.52. The Morgan fingerprint density at radius 1 is 0.981 bits per heavy atom. The zero-order valence-corrected chi connectivity index (χ0v) is 30.8. The Kier molecular flexibility index (Phi) is 9.05. The van der Waals surface area contributed by atoms with Crippen molar-refractivity contribution in [1.29, 1.82) is 5.26 Å². The number of carbonyl (C=O) groups excluding carboxylic acids is 3. The van der Waals surface area contributed by atoms with E-state index in [4.69, 9.17) is 4.52 Å². The second kappa shape index (κ2) is 13.8. The first-order valence-electron chi connectivity index (χ1n) is 19.0. The van der Waals surface area contributed by atoms with Gasteiger partial charge in [-0.2, -0.15) is 5.26 Å². The van der Waals surface area contributed by atoms with Gasteiger partial charge in [0.05, 0.1) is 17.2 Å². The van der Waals surface area contributed by atoms with E-state index in [0.29, 0.717) is 24.4 Å². The van der Waals surface area contributed by atoms with Crippen LogP contribution in [0.2, 0.25) is 0 Å². The van der Waals surface area contributed by atoms with Gasteiger partial charge >= 0.3 is 0 Å². The number of aryl methyl sites for hydroxylation is 3. The molecule has 53 heavy (non-hydrogen) atoms. The van der Waals surface area contributed by atoms with E-state index in [1.54, 1.807) is 4.90 Å². The summed E-state index contributed by atoms with van der Waals surface area (Å²) < 4.78 is 5.52. The topological polar surface area (TPSA) is 123 Å². The predicted octanol–water partition coefficient (Wildman–Crippen LogP) is 7.42. The molecule has 1 unspecified atom stereocenters. The van der Waals surface area contributed by atoms with Crippen molar-refractivity contribution in [3.05, 3.63) is 94.4 Å². The molecule has 0 bridgehead atoms. The molecule has 10 heteroatoms. The van der Waals surface area contributed by atoms with Gasteiger partial charge in [0.1, 0.15) is 11.8 Å². The largest absolute Gasteiger partial charge is 0.372 e. The van der Waals surface area contributed by atoms with Gasteiger partial charge in [-0.05, 0) is 130 Å². The average molecular weight is 711 g/mol. The summed E-state index contributed by atoms with van der Waals surface area (Å²) in [7, 11) is 0. The molecule has 272 valence electrons. The number of anilines is 3. The zero-order chi connectivity index (χ0) is 36.9. The Labute approximate surface area is 310 Å². The van der Waals surface area contributed by atoms with Crippen LogP contribution in [-0.2, 0) is 21.5 Å². The Bertz CT molecular complexity index is 2100. The van der Waals surface area contributed by atoms with Gasteiger partial charge in [-0.3, -0.25) is 19.7 Å². The predicted molar refractivity (Wildman–Crippen MR) is 203 cm³/mol. The monoisotopic (exact) mass is 710 g/mol. The van der Waals surface area contributed by atoms with E-state index < -0.39 is 6.04 Å². The van der Waals surface area contributed by atoms with Crippen molar-refractivity contribution >= 4 is 34.8 Å². The number of piperidine rings is 2. The molecule has 4 aromatic rings. The highest BCUT2D eigenvalue weighted by Gasteiger charge is 2.45. The Morgan fingerprint density at radius 2 is 1.75 bits per heavy atom. The molecule has 0 radical (unpaired) electrons. The zero-order valence-electron chi connectivity index (χ0n) is 30.8. The maximum Gasteiger partial charge on any atom is 0.255 e. The fourth-order valence-electron chi connectivity index (χ4n) is 8.67. The summed E-state index contributed by atoms with van der Waals surface area (Å²) in [6.07, 6.45) is 6.85. The van der Waals surface area contributed by atoms with Crippen molar-refractivity contribution < 1.29 is 18.9 Å². The van der Waals surface area contributed by atoms with Crippen LogP contribution in [0.15, 0.2) is 65.2 Å². The standard InChI is InChI=1S/C43H46N6O4/c1-27-6-7-31(40-28(2)46-53-29(40)3)24-38(27)48(34-10-8-33(9-11-34)43(26-44)18-19-43)20-4-5-30-16-21-47(22-17-30)35-12-13-36-32(23-35)25-49(42(36)52)37-14-15-39(50)45-41(37)51/h6-13,23-24,30,37H,4-5,14-22,25H2,1-3H3,(H,45,50,51). The van der Waals surface area contributed by atoms with Crippen LogP contribution in [-0.4, -0.2) is 53.5 Å². The maximum absolute atomic E-state index is 13.2. The van der Waals surface area contributed by atoms with Crippen LogP contribution in [0.3, 0.4) is 0 Å². The van der Waals surface area contributed by atoms with Gasteiger partial charge in [0.25, 0.3) is 5.91 Å². The van der Waals surface area contributed by atoms with Crippen LogP contribution in [0.4, 0.5) is 17.1 Å². The number of hydrogen-bond acceptors (Lipinski definition) is 8. The first-order chi connectivity index (χ1) is 25.6. The molecule has 4 heterocycles. The smallest absolute Gasteiger partial charge is 0.255 e. The minimum atomic E-state index is -0.601. The van der Waals surface area contributed by atoms with Gasteiger partial charge in [0, 0.05) is 60.8 Å². The van der Waals surface area contributed by atoms with Crippen molar-refractivity contribution in [2.75, 3.05) is 29.4 Å². The average Bonchev–Trinajstić information content (AvgIpc) is 3.81. The van der Waals surface area contributed by atoms with E-state index in [-0.39, 0.29) is 29.6 Å². The van der Waals surface area contributed by atoms with Crippen molar-refractivity contribution in [1.82, 2.24) is 15.4 Å². The summed E-state index contributed by atoms with van der Waals surface area (Å²) in [4.78, 5) is 43.8. The number of nitrogens with one attached hydrogen (secondary N) is 1. The molecule has 8 rings (SSSR count). The molecule has 1 aromatic heterocycles. The van der Waals surface area contributed by atoms with E-state index in [1.807, 2.05) is 26.0 Å². The molecule has 0 spiro atoms. The van der Waals surface area contributed by atoms with E-state index in [2.05, 4.69) is 81.8 Å². The number of hydrogen-bond donors (Lipinski definition) is 1. The van der Waals surface area contributed by atoms with Crippen LogP contribution >= 0.6 is 0 Å². The minimum absolute atomic E-state index is 0.135. The molecule has 1 saturated carbocycles. The number of fused-ring (bicyclic) bond motifs is 1. The number of amides is 3. The highest BCUT2D eigenvalue weighted by molar-refractivity contribution is 6.05. The third-order valence-corrected chi connectivity index (χ3v) is 12.0. The lowest BCUT2D eigenvalue weighted by molar-refractivity contribution is -0.136. The molecule has 3 fully saturated rings. The Hall–Kier alpha value is -5.43. The van der Waals surface area contributed by atoms with Crippen molar-refractivity contribution in [3.63, 3.8) is 0 Å². The van der Waals surface area contributed by atoms with Gasteiger partial charge in [-0.25, -0.2) is 0 Å². The Morgan fingerprint density at radius 3 is 2.43 bits per heavy atom. The van der Waals surface area contributed by atoms with Gasteiger partial charge < -0.3 is 19.2 Å². The molecule has 1 N–H and O–H groups in total. The molecule has 10 nitrogen and oxygen atoms in total. The van der Waals surface area contributed by atoms with Crippen LogP contribution in [0.1, 0.15) is 89.9 Å². The first kappa shape index (κ1) is 34.6. The summed E-state index contributed by atoms with van der Waals surface area (Å²) in [6.45, 7) is 9.29. The number of nitrogens with zero attached hydrogens (tertiary/aromatic N) is 5. The second-order valence-corrected chi connectivity index (χ2v) is 15.4. The van der Waals surface area contributed by atoms with Crippen molar-refractivity contribution in [2.45, 2.75) is 90.1 Å². The number of carbonyl (C=O) groups is 3. The van der Waals surface area contributed by atoms with Crippen molar-refractivity contribution in [2.24, 2.45) is 5.92 Å². The molecule has 3 aliphatic heterocycles. The van der Waals surface area contributed by atoms with E-state index in [1.165, 1.54) is 5.56 Å². The highest BCUT2D eigenvalue weighted by Crippen LogP contribution is 2.48. The van der Waals surface area contributed by atoms with Crippen LogP contribution in [0.5, 0.6) is 0 Å². The van der Waals surface area contributed by atoms with Gasteiger partial charge in [0.2, 0.25) is 11.8 Å². The minimum Gasteiger partial charge on any atom is -0.372 e. The number of nitriles is 1. The fraction of sp³-hybridized carbons (Fsp3) is 0.419. The SMILES string of the molecule is Cc1ccc(-c2c(C)noc2C)cc1N(CCCC1CCN(c2ccc3c(c2)CN(C2CCC(=O)NC2=O)C3=O)CC1)c1ccc(C2(C#N)CC2)cc1.